The number of rotatable bonds is 6. The number of nitriles is 1. The predicted molar refractivity (Wildman–Crippen MR) is 99.3 cm³/mol. The molecule has 0 spiro atoms. The number of carbonyl (C=O) groups excluding carboxylic acids is 1. The van der Waals surface area contributed by atoms with Crippen molar-refractivity contribution in [3.8, 4) is 11.9 Å². The van der Waals surface area contributed by atoms with Gasteiger partial charge in [0.15, 0.2) is 5.82 Å². The Bertz CT molecular complexity index is 879. The third-order valence-corrected chi connectivity index (χ3v) is 4.66. The van der Waals surface area contributed by atoms with Crippen molar-refractivity contribution in [2.45, 2.75) is 17.4 Å². The highest BCUT2D eigenvalue weighted by Gasteiger charge is 2.20. The number of anilines is 2. The van der Waals surface area contributed by atoms with Gasteiger partial charge in [-0.25, -0.2) is 14.8 Å². The van der Waals surface area contributed by atoms with Crippen molar-refractivity contribution in [2.75, 3.05) is 31.8 Å². The van der Waals surface area contributed by atoms with Gasteiger partial charge < -0.3 is 20.1 Å². The molecule has 0 aromatic carbocycles. The van der Waals surface area contributed by atoms with Crippen LogP contribution in [0.2, 0.25) is 0 Å². The van der Waals surface area contributed by atoms with Gasteiger partial charge in [0.2, 0.25) is 5.69 Å². The van der Waals surface area contributed by atoms with E-state index in [2.05, 4.69) is 25.6 Å². The van der Waals surface area contributed by atoms with Gasteiger partial charge in [0.25, 0.3) is 5.88 Å². The molecule has 2 N–H and O–H groups in total. The lowest BCUT2D eigenvalue weighted by Crippen LogP contribution is -2.21. The van der Waals surface area contributed by atoms with Crippen LogP contribution in [0, 0.1) is 11.3 Å². The van der Waals surface area contributed by atoms with E-state index in [1.165, 1.54) is 31.3 Å². The van der Waals surface area contributed by atoms with Crippen molar-refractivity contribution >= 4 is 29.4 Å². The van der Waals surface area contributed by atoms with Crippen LogP contribution in [-0.2, 0) is 4.74 Å². The fourth-order valence-corrected chi connectivity index (χ4v) is 3.13. The van der Waals surface area contributed by atoms with Crippen molar-refractivity contribution in [1.82, 2.24) is 20.3 Å². The van der Waals surface area contributed by atoms with E-state index < -0.39 is 5.97 Å². The molecule has 0 saturated carbocycles. The number of aromatic nitrogens is 3. The van der Waals surface area contributed by atoms with Crippen LogP contribution in [0.15, 0.2) is 23.4 Å². The van der Waals surface area contributed by atoms with Gasteiger partial charge in [-0.2, -0.15) is 10.2 Å². The van der Waals surface area contributed by atoms with Crippen LogP contribution >= 0.6 is 11.8 Å². The Morgan fingerprint density at radius 1 is 1.41 bits per heavy atom. The summed E-state index contributed by atoms with van der Waals surface area (Å²) in [7, 11) is 1.33. The lowest BCUT2D eigenvalue weighted by atomic mass is 10.3. The zero-order valence-electron chi connectivity index (χ0n) is 14.9. The Kier molecular flexibility index (Phi) is 6.05. The number of hydrogen-bond donors (Lipinski definition) is 2. The van der Waals surface area contributed by atoms with Crippen LogP contribution in [0.1, 0.15) is 22.5 Å². The SMILES string of the molecule is COC(=O)c1cnc(Nc2cnc(C#N)c(O[C@@H]3CCNC3)n2)cc1SC. The Labute approximate surface area is 160 Å². The summed E-state index contributed by atoms with van der Waals surface area (Å²) < 4.78 is 10.6. The summed E-state index contributed by atoms with van der Waals surface area (Å²) in [5, 5.41) is 15.4. The van der Waals surface area contributed by atoms with E-state index in [1.54, 1.807) is 6.07 Å². The highest BCUT2D eigenvalue weighted by molar-refractivity contribution is 7.98. The molecule has 1 saturated heterocycles. The van der Waals surface area contributed by atoms with E-state index in [4.69, 9.17) is 9.47 Å². The molecule has 3 rings (SSSR count). The Morgan fingerprint density at radius 2 is 2.26 bits per heavy atom. The standard InChI is InChI=1S/C17H18N6O3S/c1-25-17(24)11-8-21-14(5-13(11)27-2)22-15-9-20-12(6-18)16(23-15)26-10-3-4-19-7-10/h5,8-10,19H,3-4,7H2,1-2H3,(H,21,22,23)/t10-/m1/s1. The number of ether oxygens (including phenoxy) is 2. The molecule has 1 aliphatic rings. The summed E-state index contributed by atoms with van der Waals surface area (Å²) >= 11 is 1.40. The number of nitrogens with one attached hydrogen (secondary N) is 2. The number of esters is 1. The van der Waals surface area contributed by atoms with Crippen LogP contribution in [0.25, 0.3) is 0 Å². The minimum absolute atomic E-state index is 0.0396. The number of thioether (sulfide) groups is 1. The zero-order chi connectivity index (χ0) is 19.2. The Balaban J connectivity index is 1.82. The quantitative estimate of drug-likeness (QED) is 0.560. The third-order valence-electron chi connectivity index (χ3n) is 3.89. The predicted octanol–water partition coefficient (Wildman–Crippen LogP) is 1.74. The van der Waals surface area contributed by atoms with Crippen molar-refractivity contribution in [3.63, 3.8) is 0 Å². The van der Waals surface area contributed by atoms with Crippen molar-refractivity contribution in [2.24, 2.45) is 0 Å². The third kappa shape index (κ3) is 4.45. The summed E-state index contributed by atoms with van der Waals surface area (Å²) in [6.07, 6.45) is 5.54. The average Bonchev–Trinajstić information content (AvgIpc) is 3.20. The number of carbonyl (C=O) groups is 1. The van der Waals surface area contributed by atoms with E-state index in [-0.39, 0.29) is 17.7 Å². The first kappa shape index (κ1) is 18.9. The second-order valence-electron chi connectivity index (χ2n) is 5.64. The van der Waals surface area contributed by atoms with Crippen LogP contribution in [0.4, 0.5) is 11.6 Å². The molecule has 0 radical (unpaired) electrons. The minimum Gasteiger partial charge on any atom is -0.471 e. The van der Waals surface area contributed by atoms with Gasteiger partial charge in [-0.05, 0) is 25.3 Å². The molecule has 1 atom stereocenters. The number of pyridine rings is 1. The van der Waals surface area contributed by atoms with Crippen LogP contribution in [-0.4, -0.2) is 53.5 Å². The number of hydrogen-bond acceptors (Lipinski definition) is 10. The monoisotopic (exact) mass is 386 g/mol. The summed E-state index contributed by atoms with van der Waals surface area (Å²) in [4.78, 5) is 25.2. The zero-order valence-corrected chi connectivity index (χ0v) is 15.7. The highest BCUT2D eigenvalue weighted by Crippen LogP contribution is 2.25. The maximum atomic E-state index is 11.8. The molecule has 0 unspecified atom stereocenters. The van der Waals surface area contributed by atoms with Gasteiger partial charge in [0.05, 0.1) is 18.9 Å². The summed E-state index contributed by atoms with van der Waals surface area (Å²) in [5.74, 6) is 0.615. The average molecular weight is 386 g/mol. The normalized spacial score (nSPS) is 15.8. The molecule has 0 amide bonds. The molecule has 3 heterocycles. The second kappa shape index (κ2) is 8.66. The van der Waals surface area contributed by atoms with Crippen molar-refractivity contribution < 1.29 is 14.3 Å². The first-order chi connectivity index (χ1) is 13.1. The van der Waals surface area contributed by atoms with Gasteiger partial charge in [-0.15, -0.1) is 11.8 Å². The fraction of sp³-hybridized carbons (Fsp3) is 0.353. The maximum Gasteiger partial charge on any atom is 0.340 e. The smallest absolute Gasteiger partial charge is 0.340 e. The molecule has 27 heavy (non-hydrogen) atoms. The summed E-state index contributed by atoms with van der Waals surface area (Å²) in [6, 6.07) is 3.71. The van der Waals surface area contributed by atoms with Crippen molar-refractivity contribution in [3.05, 3.63) is 29.7 Å². The molecule has 1 fully saturated rings. The van der Waals surface area contributed by atoms with E-state index >= 15 is 0 Å². The topological polar surface area (TPSA) is 122 Å². The number of nitrogens with zero attached hydrogens (tertiary/aromatic N) is 4. The molecular weight excluding hydrogens is 368 g/mol. The largest absolute Gasteiger partial charge is 0.471 e. The van der Waals surface area contributed by atoms with E-state index in [9.17, 15) is 10.1 Å². The van der Waals surface area contributed by atoms with Crippen LogP contribution in [0.5, 0.6) is 5.88 Å². The van der Waals surface area contributed by atoms with E-state index in [1.807, 2.05) is 12.3 Å². The minimum atomic E-state index is -0.447. The summed E-state index contributed by atoms with van der Waals surface area (Å²) in [6.45, 7) is 1.57. The molecule has 9 nitrogen and oxygen atoms in total. The lowest BCUT2D eigenvalue weighted by molar-refractivity contribution is 0.0596. The molecule has 140 valence electrons. The van der Waals surface area contributed by atoms with E-state index in [0.29, 0.717) is 23.7 Å². The number of methoxy groups -OCH3 is 1. The molecule has 2 aromatic rings. The fourth-order valence-electron chi connectivity index (χ4n) is 2.55. The van der Waals surface area contributed by atoms with Gasteiger partial charge in [-0.3, -0.25) is 0 Å². The van der Waals surface area contributed by atoms with Crippen LogP contribution < -0.4 is 15.4 Å². The van der Waals surface area contributed by atoms with E-state index in [0.717, 1.165) is 17.9 Å². The van der Waals surface area contributed by atoms with Gasteiger partial charge in [-0.1, -0.05) is 0 Å². The molecular formula is C17H18N6O3S. The van der Waals surface area contributed by atoms with Gasteiger partial charge >= 0.3 is 5.97 Å². The molecule has 10 heteroatoms. The molecule has 0 bridgehead atoms. The Hall–Kier alpha value is -2.90. The summed E-state index contributed by atoms with van der Waals surface area (Å²) in [5.41, 5.74) is 0.519. The van der Waals surface area contributed by atoms with Gasteiger partial charge in [0.1, 0.15) is 18.0 Å². The maximum absolute atomic E-state index is 11.8. The highest BCUT2D eigenvalue weighted by atomic mass is 32.2. The Morgan fingerprint density at radius 3 is 2.93 bits per heavy atom. The molecule has 0 aliphatic carbocycles. The first-order valence-electron chi connectivity index (χ1n) is 8.18. The lowest BCUT2D eigenvalue weighted by Gasteiger charge is -2.14. The van der Waals surface area contributed by atoms with Crippen LogP contribution in [0.3, 0.4) is 0 Å². The van der Waals surface area contributed by atoms with Crippen molar-refractivity contribution in [1.29, 1.82) is 5.26 Å². The first-order valence-corrected chi connectivity index (χ1v) is 9.41. The molecule has 2 aromatic heterocycles. The molecule has 1 aliphatic heterocycles. The second-order valence-corrected chi connectivity index (χ2v) is 6.49. The van der Waals surface area contributed by atoms with Gasteiger partial charge in [0, 0.05) is 17.6 Å².